The van der Waals surface area contributed by atoms with Gasteiger partial charge >= 0.3 is 6.09 Å². The van der Waals surface area contributed by atoms with E-state index in [0.29, 0.717) is 38.1 Å². The first-order valence-corrected chi connectivity index (χ1v) is 9.73. The first kappa shape index (κ1) is 21.8. The predicted molar refractivity (Wildman–Crippen MR) is 107 cm³/mol. The van der Waals surface area contributed by atoms with E-state index < -0.39 is 6.09 Å². The number of carbonyl (C=O) groups is 1. The van der Waals surface area contributed by atoms with Crippen molar-refractivity contribution in [3.05, 3.63) is 29.6 Å². The van der Waals surface area contributed by atoms with E-state index in [9.17, 15) is 9.18 Å². The first-order chi connectivity index (χ1) is 13.5. The maximum absolute atomic E-state index is 13.9. The van der Waals surface area contributed by atoms with Gasteiger partial charge in [-0.2, -0.15) is 0 Å². The average molecular weight is 394 g/mol. The highest BCUT2D eigenvalue weighted by atomic mass is 19.1. The number of ether oxygens (including phenoxy) is 2. The van der Waals surface area contributed by atoms with E-state index in [2.05, 4.69) is 15.6 Å². The number of amides is 1. The normalized spacial score (nSPS) is 15.0. The molecule has 1 saturated carbocycles. The van der Waals surface area contributed by atoms with Crippen LogP contribution in [-0.4, -0.2) is 56.8 Å². The number of rotatable bonds is 9. The molecule has 8 heteroatoms. The summed E-state index contributed by atoms with van der Waals surface area (Å²) in [7, 11) is 3.34. The Bertz CT molecular complexity index is 679. The number of nitrogens with one attached hydrogen (secondary N) is 2. The second kappa shape index (κ2) is 10.7. The molecule has 0 spiro atoms. The Morgan fingerprint density at radius 1 is 1.39 bits per heavy atom. The number of aliphatic imine (C=N–C) groups is 1. The van der Waals surface area contributed by atoms with Crippen molar-refractivity contribution in [3.63, 3.8) is 0 Å². The number of methoxy groups -OCH3 is 1. The zero-order chi connectivity index (χ0) is 20.5. The quantitative estimate of drug-likeness (QED) is 0.498. The molecule has 1 aliphatic carbocycles. The first-order valence-electron chi connectivity index (χ1n) is 9.73. The molecule has 28 heavy (non-hydrogen) atoms. The van der Waals surface area contributed by atoms with Crippen LogP contribution in [0.15, 0.2) is 23.2 Å². The summed E-state index contributed by atoms with van der Waals surface area (Å²) in [5.74, 6) is 0.985. The zero-order valence-electron chi connectivity index (χ0n) is 17.1. The number of nitrogens with zero attached hydrogens (tertiary/aromatic N) is 2. The Hall–Kier alpha value is -2.51. The minimum atomic E-state index is -0.401. The molecule has 0 heterocycles. The SMILES string of the molecule is CCNC(=NCC(NC(=O)OCC)C1CC1)N(C)Cc1ccc(OC)c(F)c1. The number of halogens is 1. The van der Waals surface area contributed by atoms with Crippen molar-refractivity contribution in [2.75, 3.05) is 33.9 Å². The molecule has 2 rings (SSSR count). The fourth-order valence-electron chi connectivity index (χ4n) is 2.95. The summed E-state index contributed by atoms with van der Waals surface area (Å²) in [5, 5.41) is 6.15. The van der Waals surface area contributed by atoms with E-state index in [0.717, 1.165) is 18.4 Å². The highest BCUT2D eigenvalue weighted by Gasteiger charge is 2.32. The van der Waals surface area contributed by atoms with Crippen LogP contribution in [0.2, 0.25) is 0 Å². The van der Waals surface area contributed by atoms with Crippen LogP contribution in [0, 0.1) is 11.7 Å². The highest BCUT2D eigenvalue weighted by Crippen LogP contribution is 2.32. The second-order valence-electron chi connectivity index (χ2n) is 6.83. The third-order valence-corrected chi connectivity index (χ3v) is 4.54. The molecule has 0 aliphatic heterocycles. The lowest BCUT2D eigenvalue weighted by atomic mass is 10.2. The molecule has 1 unspecified atom stereocenters. The molecule has 156 valence electrons. The van der Waals surface area contributed by atoms with E-state index in [-0.39, 0.29) is 17.6 Å². The molecule has 1 aromatic carbocycles. The summed E-state index contributed by atoms with van der Waals surface area (Å²) in [6.45, 7) is 5.78. The third-order valence-electron chi connectivity index (χ3n) is 4.54. The molecule has 1 amide bonds. The number of carbonyl (C=O) groups excluding carboxylic acids is 1. The maximum Gasteiger partial charge on any atom is 0.407 e. The van der Waals surface area contributed by atoms with Crippen molar-refractivity contribution in [1.82, 2.24) is 15.5 Å². The molecule has 2 N–H and O–H groups in total. The van der Waals surface area contributed by atoms with Crippen LogP contribution in [0.3, 0.4) is 0 Å². The summed E-state index contributed by atoms with van der Waals surface area (Å²) < 4.78 is 23.9. The number of hydrogen-bond donors (Lipinski definition) is 2. The fraction of sp³-hybridized carbons (Fsp3) is 0.600. The summed E-state index contributed by atoms with van der Waals surface area (Å²) in [6.07, 6.45) is 1.77. The van der Waals surface area contributed by atoms with Gasteiger partial charge in [-0.25, -0.2) is 9.18 Å². The zero-order valence-corrected chi connectivity index (χ0v) is 17.1. The van der Waals surface area contributed by atoms with Crippen LogP contribution in [0.5, 0.6) is 5.75 Å². The fourth-order valence-corrected chi connectivity index (χ4v) is 2.95. The number of hydrogen-bond acceptors (Lipinski definition) is 4. The smallest absolute Gasteiger partial charge is 0.407 e. The lowest BCUT2D eigenvalue weighted by molar-refractivity contribution is 0.147. The van der Waals surface area contributed by atoms with Crippen molar-refractivity contribution >= 4 is 12.1 Å². The van der Waals surface area contributed by atoms with E-state index in [4.69, 9.17) is 9.47 Å². The van der Waals surface area contributed by atoms with Gasteiger partial charge in [-0.3, -0.25) is 4.99 Å². The molecule has 7 nitrogen and oxygen atoms in total. The maximum atomic E-state index is 13.9. The van der Waals surface area contributed by atoms with Gasteiger partial charge in [0.2, 0.25) is 0 Å². The van der Waals surface area contributed by atoms with Crippen LogP contribution < -0.4 is 15.4 Å². The Morgan fingerprint density at radius 3 is 2.71 bits per heavy atom. The lowest BCUT2D eigenvalue weighted by Crippen LogP contribution is -2.42. The van der Waals surface area contributed by atoms with Crippen molar-refractivity contribution in [1.29, 1.82) is 0 Å². The molecular formula is C20H31FN4O3. The van der Waals surface area contributed by atoms with E-state index >= 15 is 0 Å². The Morgan fingerprint density at radius 2 is 2.14 bits per heavy atom. The van der Waals surface area contributed by atoms with Crippen LogP contribution in [-0.2, 0) is 11.3 Å². The van der Waals surface area contributed by atoms with Gasteiger partial charge in [0.1, 0.15) is 0 Å². The molecule has 0 saturated heterocycles. The highest BCUT2D eigenvalue weighted by molar-refractivity contribution is 5.79. The van der Waals surface area contributed by atoms with Gasteiger partial charge in [0.25, 0.3) is 0 Å². The van der Waals surface area contributed by atoms with Gasteiger partial charge in [-0.05, 0) is 50.3 Å². The number of benzene rings is 1. The van der Waals surface area contributed by atoms with Crippen LogP contribution in [0.25, 0.3) is 0 Å². The van der Waals surface area contributed by atoms with Gasteiger partial charge in [0.05, 0.1) is 26.3 Å². The summed E-state index contributed by atoms with van der Waals surface area (Å²) in [4.78, 5) is 18.4. The van der Waals surface area contributed by atoms with Crippen LogP contribution in [0.4, 0.5) is 9.18 Å². The van der Waals surface area contributed by atoms with Gasteiger partial charge in [-0.15, -0.1) is 0 Å². The van der Waals surface area contributed by atoms with Crippen LogP contribution >= 0.6 is 0 Å². The van der Waals surface area contributed by atoms with E-state index in [1.807, 2.05) is 24.9 Å². The minimum Gasteiger partial charge on any atom is -0.494 e. The molecule has 1 atom stereocenters. The van der Waals surface area contributed by atoms with Crippen molar-refractivity contribution in [3.8, 4) is 5.75 Å². The average Bonchev–Trinajstić information content (AvgIpc) is 3.49. The Labute approximate surface area is 166 Å². The largest absolute Gasteiger partial charge is 0.494 e. The number of alkyl carbamates (subject to hydrolysis) is 1. The summed E-state index contributed by atoms with van der Waals surface area (Å²) >= 11 is 0. The molecule has 1 fully saturated rings. The van der Waals surface area contributed by atoms with Gasteiger partial charge in [0, 0.05) is 20.1 Å². The van der Waals surface area contributed by atoms with Crippen molar-refractivity contribution in [2.24, 2.45) is 10.9 Å². The molecular weight excluding hydrogens is 363 g/mol. The Kier molecular flexibility index (Phi) is 8.35. The Balaban J connectivity index is 2.02. The minimum absolute atomic E-state index is 0.0421. The molecule has 0 bridgehead atoms. The van der Waals surface area contributed by atoms with Crippen molar-refractivity contribution in [2.45, 2.75) is 39.3 Å². The summed E-state index contributed by atoms with van der Waals surface area (Å²) in [6, 6.07) is 4.88. The molecule has 1 aliphatic rings. The van der Waals surface area contributed by atoms with Gasteiger partial charge < -0.3 is 25.0 Å². The monoisotopic (exact) mass is 394 g/mol. The standard InChI is InChI=1S/C20H31FN4O3/c1-5-22-19(23-12-17(15-8-9-15)24-20(26)28-6-2)25(3)13-14-7-10-18(27-4)16(21)11-14/h7,10-11,15,17H,5-6,8-9,12-13H2,1-4H3,(H,22,23)(H,24,26). The van der Waals surface area contributed by atoms with Gasteiger partial charge in [-0.1, -0.05) is 6.07 Å². The molecule has 1 aromatic rings. The van der Waals surface area contributed by atoms with E-state index in [1.54, 1.807) is 13.0 Å². The molecule has 0 radical (unpaired) electrons. The topological polar surface area (TPSA) is 75.2 Å². The lowest BCUT2D eigenvalue weighted by Gasteiger charge is -2.23. The number of guanidine groups is 1. The molecule has 0 aromatic heterocycles. The summed E-state index contributed by atoms with van der Waals surface area (Å²) in [5.41, 5.74) is 0.815. The third kappa shape index (κ3) is 6.58. The van der Waals surface area contributed by atoms with Gasteiger partial charge in [0.15, 0.2) is 17.5 Å². The second-order valence-corrected chi connectivity index (χ2v) is 6.83. The van der Waals surface area contributed by atoms with Crippen molar-refractivity contribution < 1.29 is 18.7 Å². The predicted octanol–water partition coefficient (Wildman–Crippen LogP) is 2.76. The van der Waals surface area contributed by atoms with E-state index in [1.165, 1.54) is 13.2 Å². The van der Waals surface area contributed by atoms with Crippen LogP contribution in [0.1, 0.15) is 32.3 Å².